The first kappa shape index (κ1) is 16.7. The summed E-state index contributed by atoms with van der Waals surface area (Å²) in [5.41, 5.74) is 0.310. The van der Waals surface area contributed by atoms with E-state index in [1.54, 1.807) is 0 Å². The van der Waals surface area contributed by atoms with Crippen LogP contribution in [0.15, 0.2) is 12.3 Å². The molecule has 7 heteroatoms. The second-order valence-corrected chi connectivity index (χ2v) is 5.10. The second-order valence-electron chi connectivity index (χ2n) is 5.10. The largest absolute Gasteiger partial charge is 0.405 e. The molecule has 0 aliphatic carbocycles. The number of pyridine rings is 1. The van der Waals surface area contributed by atoms with Crippen LogP contribution in [0.5, 0.6) is 0 Å². The van der Waals surface area contributed by atoms with Gasteiger partial charge in [0.25, 0.3) is 0 Å². The minimum absolute atomic E-state index is 0.263. The highest BCUT2D eigenvalue weighted by molar-refractivity contribution is 5.42. The van der Waals surface area contributed by atoms with E-state index in [1.807, 2.05) is 13.8 Å². The molecule has 0 radical (unpaired) electrons. The lowest BCUT2D eigenvalue weighted by molar-refractivity contribution is -0.119. The summed E-state index contributed by atoms with van der Waals surface area (Å²) in [5.74, 6) is -0.589. The molecule has 0 atom stereocenters. The first-order valence-corrected chi connectivity index (χ1v) is 6.32. The molecule has 114 valence electrons. The van der Waals surface area contributed by atoms with Crippen molar-refractivity contribution >= 4 is 5.82 Å². The van der Waals surface area contributed by atoms with E-state index >= 15 is 0 Å². The molecule has 1 aromatic heterocycles. The van der Waals surface area contributed by atoms with E-state index in [2.05, 4.69) is 10.3 Å². The lowest BCUT2D eigenvalue weighted by Crippen LogP contribution is -2.32. The molecule has 1 N–H and O–H groups in total. The van der Waals surface area contributed by atoms with Crippen molar-refractivity contribution in [3.05, 3.63) is 23.6 Å². The fraction of sp³-hybridized carbons (Fsp3) is 0.615. The Morgan fingerprint density at radius 2 is 2.00 bits per heavy atom. The third kappa shape index (κ3) is 5.32. The van der Waals surface area contributed by atoms with Crippen LogP contribution in [0.25, 0.3) is 0 Å². The maximum absolute atomic E-state index is 14.1. The molecule has 0 fully saturated rings. The first-order valence-electron chi connectivity index (χ1n) is 6.32. The van der Waals surface area contributed by atoms with Crippen molar-refractivity contribution in [2.45, 2.75) is 26.6 Å². The molecule has 0 aliphatic heterocycles. The van der Waals surface area contributed by atoms with E-state index in [0.29, 0.717) is 18.0 Å². The fourth-order valence-electron chi connectivity index (χ4n) is 1.71. The predicted molar refractivity (Wildman–Crippen MR) is 70.1 cm³/mol. The van der Waals surface area contributed by atoms with E-state index in [0.717, 1.165) is 4.90 Å². The molecule has 20 heavy (non-hydrogen) atoms. The summed E-state index contributed by atoms with van der Waals surface area (Å²) >= 11 is 0. The monoisotopic (exact) mass is 293 g/mol. The highest BCUT2D eigenvalue weighted by atomic mass is 19.4. The van der Waals surface area contributed by atoms with Crippen LogP contribution in [0.4, 0.5) is 23.4 Å². The van der Waals surface area contributed by atoms with Gasteiger partial charge in [0.15, 0.2) is 11.6 Å². The van der Waals surface area contributed by atoms with Crippen LogP contribution in [-0.4, -0.2) is 31.3 Å². The number of nitrogens with one attached hydrogen (secondary N) is 1. The van der Waals surface area contributed by atoms with Crippen LogP contribution in [0, 0.1) is 11.7 Å². The average molecular weight is 293 g/mol. The molecule has 0 unspecified atom stereocenters. The maximum atomic E-state index is 14.1. The molecule has 0 saturated carbocycles. The van der Waals surface area contributed by atoms with E-state index in [-0.39, 0.29) is 12.4 Å². The zero-order valence-corrected chi connectivity index (χ0v) is 11.8. The molecular weight excluding hydrogens is 274 g/mol. The van der Waals surface area contributed by atoms with Crippen LogP contribution in [0.2, 0.25) is 0 Å². The lowest BCUT2D eigenvalue weighted by atomic mass is 10.2. The second kappa shape index (κ2) is 6.88. The van der Waals surface area contributed by atoms with Crippen LogP contribution in [0.1, 0.15) is 19.4 Å². The maximum Gasteiger partial charge on any atom is 0.405 e. The van der Waals surface area contributed by atoms with Gasteiger partial charge in [-0.05, 0) is 18.5 Å². The van der Waals surface area contributed by atoms with Crippen molar-refractivity contribution in [3.63, 3.8) is 0 Å². The Kier molecular flexibility index (Phi) is 5.74. The van der Waals surface area contributed by atoms with Gasteiger partial charge in [0.2, 0.25) is 0 Å². The number of aromatic nitrogens is 1. The SMILES string of the molecule is CC(C)CNCc1ccnc(N(C)CC(F)(F)F)c1F. The summed E-state index contributed by atoms with van der Waals surface area (Å²) in [4.78, 5) is 4.45. The molecular formula is C13H19F4N3. The number of nitrogens with zero attached hydrogens (tertiary/aromatic N) is 2. The van der Waals surface area contributed by atoms with Gasteiger partial charge < -0.3 is 10.2 Å². The number of anilines is 1. The number of hydrogen-bond acceptors (Lipinski definition) is 3. The first-order chi connectivity index (χ1) is 9.20. The summed E-state index contributed by atoms with van der Waals surface area (Å²) < 4.78 is 51.0. The van der Waals surface area contributed by atoms with Crippen LogP contribution in [0.3, 0.4) is 0 Å². The normalized spacial score (nSPS) is 12.0. The van der Waals surface area contributed by atoms with Gasteiger partial charge in [0, 0.05) is 25.4 Å². The molecule has 1 aromatic rings. The minimum Gasteiger partial charge on any atom is -0.348 e. The molecule has 0 bridgehead atoms. The molecule has 0 aromatic carbocycles. The highest BCUT2D eigenvalue weighted by Crippen LogP contribution is 2.23. The highest BCUT2D eigenvalue weighted by Gasteiger charge is 2.31. The summed E-state index contributed by atoms with van der Waals surface area (Å²) in [6, 6.07) is 1.47. The van der Waals surface area contributed by atoms with E-state index in [1.165, 1.54) is 19.3 Å². The number of halogens is 4. The summed E-state index contributed by atoms with van der Waals surface area (Å²) in [5, 5.41) is 3.05. The number of rotatable bonds is 6. The van der Waals surface area contributed by atoms with Crippen molar-refractivity contribution < 1.29 is 17.6 Å². The van der Waals surface area contributed by atoms with Crippen molar-refractivity contribution in [1.82, 2.24) is 10.3 Å². The Morgan fingerprint density at radius 3 is 2.55 bits per heavy atom. The van der Waals surface area contributed by atoms with Gasteiger partial charge in [0.05, 0.1) is 0 Å². The zero-order chi connectivity index (χ0) is 15.3. The van der Waals surface area contributed by atoms with Gasteiger partial charge in [-0.2, -0.15) is 13.2 Å². The Morgan fingerprint density at radius 1 is 1.35 bits per heavy atom. The lowest BCUT2D eigenvalue weighted by Gasteiger charge is -2.21. The fourth-order valence-corrected chi connectivity index (χ4v) is 1.71. The molecule has 0 aliphatic rings. The van der Waals surface area contributed by atoms with Crippen LogP contribution >= 0.6 is 0 Å². The third-order valence-electron chi connectivity index (χ3n) is 2.60. The van der Waals surface area contributed by atoms with Gasteiger partial charge in [-0.15, -0.1) is 0 Å². The predicted octanol–water partition coefficient (Wildman–Crippen LogP) is 2.96. The molecule has 1 rings (SSSR count). The van der Waals surface area contributed by atoms with Gasteiger partial charge in [-0.25, -0.2) is 9.37 Å². The van der Waals surface area contributed by atoms with Crippen molar-refractivity contribution in [2.75, 3.05) is 25.0 Å². The topological polar surface area (TPSA) is 28.2 Å². The Labute approximate surface area is 116 Å². The van der Waals surface area contributed by atoms with Crippen molar-refractivity contribution in [1.29, 1.82) is 0 Å². The molecule has 1 heterocycles. The van der Waals surface area contributed by atoms with Gasteiger partial charge in [0.1, 0.15) is 6.54 Å². The number of hydrogen-bond donors (Lipinski definition) is 1. The van der Waals surface area contributed by atoms with E-state index in [4.69, 9.17) is 0 Å². The molecule has 0 spiro atoms. The smallest absolute Gasteiger partial charge is 0.348 e. The standard InChI is InChI=1S/C13H19F4N3/c1-9(2)6-18-7-10-4-5-19-12(11(10)14)20(3)8-13(15,16)17/h4-5,9,18H,6-8H2,1-3H3. The Bertz CT molecular complexity index is 432. The summed E-state index contributed by atoms with van der Waals surface area (Å²) in [7, 11) is 1.17. The minimum atomic E-state index is -4.39. The molecule has 0 amide bonds. The average Bonchev–Trinajstić information content (AvgIpc) is 2.28. The molecule has 0 saturated heterocycles. The van der Waals surface area contributed by atoms with Gasteiger partial charge >= 0.3 is 6.18 Å². The van der Waals surface area contributed by atoms with Crippen molar-refractivity contribution in [3.8, 4) is 0 Å². The van der Waals surface area contributed by atoms with Gasteiger partial charge in [-0.1, -0.05) is 13.8 Å². The Hall–Kier alpha value is -1.37. The molecule has 3 nitrogen and oxygen atoms in total. The van der Waals surface area contributed by atoms with Gasteiger partial charge in [-0.3, -0.25) is 0 Å². The quantitative estimate of drug-likeness (QED) is 0.817. The number of alkyl halides is 3. The third-order valence-corrected chi connectivity index (χ3v) is 2.60. The zero-order valence-electron chi connectivity index (χ0n) is 11.8. The van der Waals surface area contributed by atoms with E-state index < -0.39 is 18.5 Å². The van der Waals surface area contributed by atoms with E-state index in [9.17, 15) is 17.6 Å². The Balaban J connectivity index is 2.78. The summed E-state index contributed by atoms with van der Waals surface area (Å²) in [6.45, 7) is 3.76. The summed E-state index contributed by atoms with van der Waals surface area (Å²) in [6.07, 6.45) is -3.08. The van der Waals surface area contributed by atoms with Crippen LogP contribution < -0.4 is 10.2 Å². The van der Waals surface area contributed by atoms with Crippen molar-refractivity contribution in [2.24, 2.45) is 5.92 Å². The van der Waals surface area contributed by atoms with Crippen LogP contribution in [-0.2, 0) is 6.54 Å².